The number of nitriles is 1. The number of nitrogens with one attached hydrogen (secondary N) is 1. The van der Waals surface area contributed by atoms with Gasteiger partial charge in [-0.05, 0) is 48.4 Å². The maximum Gasteiger partial charge on any atom is 0.244 e. The molecule has 2 aromatic rings. The van der Waals surface area contributed by atoms with Crippen LogP contribution >= 0.6 is 0 Å². The number of halogens is 1. The Bertz CT molecular complexity index is 826. The first-order valence-corrected chi connectivity index (χ1v) is 7.95. The number of rotatable bonds is 7. The predicted molar refractivity (Wildman–Crippen MR) is 96.1 cm³/mol. The van der Waals surface area contributed by atoms with Gasteiger partial charge >= 0.3 is 0 Å². The lowest BCUT2D eigenvalue weighted by Gasteiger charge is -2.12. The number of nitrogens with zero attached hydrogens (tertiary/aromatic N) is 1. The van der Waals surface area contributed by atoms with Gasteiger partial charge in [0, 0.05) is 6.08 Å². The molecule has 0 radical (unpaired) electrons. The van der Waals surface area contributed by atoms with Crippen LogP contribution in [0.1, 0.15) is 24.1 Å². The molecule has 2 rings (SSSR count). The minimum atomic E-state index is -0.316. The number of methoxy groups -OCH3 is 1. The van der Waals surface area contributed by atoms with E-state index in [0.717, 1.165) is 11.1 Å². The fourth-order valence-corrected chi connectivity index (χ4v) is 2.29. The van der Waals surface area contributed by atoms with Gasteiger partial charge in [0.1, 0.15) is 11.9 Å². The molecule has 0 unspecified atom stereocenters. The summed E-state index contributed by atoms with van der Waals surface area (Å²) in [6.45, 7) is 1.75. The van der Waals surface area contributed by atoms with Crippen LogP contribution in [0.2, 0.25) is 0 Å². The molecule has 1 amide bonds. The molecule has 0 aliphatic heterocycles. The van der Waals surface area contributed by atoms with Crippen molar-refractivity contribution in [3.63, 3.8) is 0 Å². The van der Waals surface area contributed by atoms with Gasteiger partial charge in [-0.3, -0.25) is 4.79 Å². The minimum Gasteiger partial charge on any atom is -0.493 e. The zero-order valence-electron chi connectivity index (χ0n) is 14.5. The van der Waals surface area contributed by atoms with Gasteiger partial charge in [-0.25, -0.2) is 4.39 Å². The molecular formula is C20H19FN2O3. The first-order valence-electron chi connectivity index (χ1n) is 7.95. The Morgan fingerprint density at radius 3 is 2.65 bits per heavy atom. The van der Waals surface area contributed by atoms with Crippen LogP contribution in [0.3, 0.4) is 0 Å². The Kier molecular flexibility index (Phi) is 6.75. The van der Waals surface area contributed by atoms with Crippen LogP contribution in [-0.2, 0) is 4.79 Å². The first kappa shape index (κ1) is 19.0. The lowest BCUT2D eigenvalue weighted by Crippen LogP contribution is -2.24. The van der Waals surface area contributed by atoms with Crippen LogP contribution in [0.5, 0.6) is 11.5 Å². The normalized spacial score (nSPS) is 11.6. The quantitative estimate of drug-likeness (QED) is 0.771. The Labute approximate surface area is 151 Å². The molecule has 2 aromatic carbocycles. The molecule has 0 heterocycles. The standard InChI is InChI=1S/C20H19FN2O3/c1-14(16-5-7-17(21)8-6-16)23-20(24)10-4-15-3-9-18(26-12-11-22)19(13-15)25-2/h3-10,13-14H,12H2,1-2H3,(H,23,24)/b10-4+/t14-/m0/s1. The molecule has 0 aliphatic rings. The molecule has 26 heavy (non-hydrogen) atoms. The molecule has 1 atom stereocenters. The van der Waals surface area contributed by atoms with Crippen LogP contribution in [0.4, 0.5) is 4.39 Å². The highest BCUT2D eigenvalue weighted by molar-refractivity contribution is 5.92. The van der Waals surface area contributed by atoms with Gasteiger partial charge in [0.2, 0.25) is 5.91 Å². The van der Waals surface area contributed by atoms with Gasteiger partial charge in [-0.1, -0.05) is 18.2 Å². The summed E-state index contributed by atoms with van der Waals surface area (Å²) in [6.07, 6.45) is 3.05. The lowest BCUT2D eigenvalue weighted by molar-refractivity contribution is -0.117. The monoisotopic (exact) mass is 354 g/mol. The number of carbonyl (C=O) groups is 1. The molecule has 1 N–H and O–H groups in total. The summed E-state index contributed by atoms with van der Waals surface area (Å²) >= 11 is 0. The number of ether oxygens (including phenoxy) is 2. The van der Waals surface area contributed by atoms with Gasteiger partial charge in [0.05, 0.1) is 13.2 Å². The van der Waals surface area contributed by atoms with Crippen molar-refractivity contribution in [3.05, 3.63) is 65.5 Å². The second kappa shape index (κ2) is 9.23. The Morgan fingerprint density at radius 2 is 2.00 bits per heavy atom. The van der Waals surface area contributed by atoms with Crippen molar-refractivity contribution in [2.45, 2.75) is 13.0 Å². The van der Waals surface area contributed by atoms with E-state index in [2.05, 4.69) is 5.32 Å². The zero-order valence-corrected chi connectivity index (χ0v) is 14.5. The number of hydrogen-bond donors (Lipinski definition) is 1. The molecule has 0 spiro atoms. The van der Waals surface area contributed by atoms with Crippen LogP contribution in [0.15, 0.2) is 48.5 Å². The number of benzene rings is 2. The summed E-state index contributed by atoms with van der Waals surface area (Å²) in [4.78, 5) is 12.1. The van der Waals surface area contributed by atoms with E-state index in [1.807, 2.05) is 13.0 Å². The van der Waals surface area contributed by atoms with E-state index in [9.17, 15) is 9.18 Å². The molecule has 0 fully saturated rings. The maximum atomic E-state index is 12.9. The maximum absolute atomic E-state index is 12.9. The van der Waals surface area contributed by atoms with Crippen molar-refractivity contribution in [2.75, 3.05) is 13.7 Å². The molecule has 134 valence electrons. The van der Waals surface area contributed by atoms with Crippen molar-refractivity contribution in [2.24, 2.45) is 0 Å². The van der Waals surface area contributed by atoms with Crippen molar-refractivity contribution < 1.29 is 18.7 Å². The highest BCUT2D eigenvalue weighted by Gasteiger charge is 2.08. The molecule has 0 aliphatic carbocycles. The van der Waals surface area contributed by atoms with Gasteiger partial charge in [0.25, 0.3) is 0 Å². The van der Waals surface area contributed by atoms with E-state index in [1.54, 1.807) is 36.4 Å². The van der Waals surface area contributed by atoms with Crippen molar-refractivity contribution in [3.8, 4) is 17.6 Å². The van der Waals surface area contributed by atoms with Gasteiger partial charge < -0.3 is 14.8 Å². The van der Waals surface area contributed by atoms with Crippen molar-refractivity contribution >= 4 is 12.0 Å². The van der Waals surface area contributed by atoms with E-state index in [4.69, 9.17) is 14.7 Å². The number of amides is 1. The average Bonchev–Trinajstić information content (AvgIpc) is 2.65. The highest BCUT2D eigenvalue weighted by atomic mass is 19.1. The molecule has 0 bridgehead atoms. The van der Waals surface area contributed by atoms with E-state index >= 15 is 0 Å². The van der Waals surface area contributed by atoms with Crippen molar-refractivity contribution in [1.29, 1.82) is 5.26 Å². The second-order valence-corrected chi connectivity index (χ2v) is 5.47. The van der Waals surface area contributed by atoms with E-state index in [1.165, 1.54) is 25.3 Å². The summed E-state index contributed by atoms with van der Waals surface area (Å²) < 4.78 is 23.4. The van der Waals surface area contributed by atoms with E-state index < -0.39 is 0 Å². The molecule has 0 aromatic heterocycles. The SMILES string of the molecule is COc1cc(/C=C/C(=O)N[C@@H](C)c2ccc(F)cc2)ccc1OCC#N. The summed E-state index contributed by atoms with van der Waals surface area (Å²) in [5, 5.41) is 11.4. The summed E-state index contributed by atoms with van der Waals surface area (Å²) in [5.74, 6) is 0.344. The topological polar surface area (TPSA) is 71.3 Å². The van der Waals surface area contributed by atoms with E-state index in [-0.39, 0.29) is 24.4 Å². The van der Waals surface area contributed by atoms with E-state index in [0.29, 0.717) is 11.5 Å². The Balaban J connectivity index is 2.00. The van der Waals surface area contributed by atoms with Gasteiger partial charge in [-0.15, -0.1) is 0 Å². The molecule has 0 saturated heterocycles. The average molecular weight is 354 g/mol. The molecule has 6 heteroatoms. The molecular weight excluding hydrogens is 335 g/mol. The third kappa shape index (κ3) is 5.35. The third-order valence-electron chi connectivity index (χ3n) is 3.64. The van der Waals surface area contributed by atoms with Crippen molar-refractivity contribution in [1.82, 2.24) is 5.32 Å². The van der Waals surface area contributed by atoms with Crippen LogP contribution in [0, 0.1) is 17.1 Å². The van der Waals surface area contributed by atoms with Crippen LogP contribution in [0.25, 0.3) is 6.08 Å². The molecule has 5 nitrogen and oxygen atoms in total. The largest absolute Gasteiger partial charge is 0.493 e. The van der Waals surface area contributed by atoms with Gasteiger partial charge in [0.15, 0.2) is 18.1 Å². The second-order valence-electron chi connectivity index (χ2n) is 5.47. The van der Waals surface area contributed by atoms with Crippen LogP contribution < -0.4 is 14.8 Å². The Hall–Kier alpha value is -3.33. The summed E-state index contributed by atoms with van der Waals surface area (Å²) in [6, 6.07) is 12.8. The van der Waals surface area contributed by atoms with Gasteiger partial charge in [-0.2, -0.15) is 5.26 Å². The predicted octanol–water partition coefficient (Wildman–Crippen LogP) is 3.63. The summed E-state index contributed by atoms with van der Waals surface area (Å²) in [7, 11) is 1.50. The first-order chi connectivity index (χ1) is 12.5. The molecule has 0 saturated carbocycles. The zero-order chi connectivity index (χ0) is 18.9. The summed E-state index contributed by atoms with van der Waals surface area (Å²) in [5.41, 5.74) is 1.56. The fraction of sp³-hybridized carbons (Fsp3) is 0.200. The third-order valence-corrected chi connectivity index (χ3v) is 3.64. The highest BCUT2D eigenvalue weighted by Crippen LogP contribution is 2.28. The number of hydrogen-bond acceptors (Lipinski definition) is 4. The Morgan fingerprint density at radius 1 is 1.27 bits per heavy atom. The van der Waals surface area contributed by atoms with Crippen LogP contribution in [-0.4, -0.2) is 19.6 Å². The minimum absolute atomic E-state index is 0.0742. The number of carbonyl (C=O) groups excluding carboxylic acids is 1. The fourth-order valence-electron chi connectivity index (χ4n) is 2.29. The lowest BCUT2D eigenvalue weighted by atomic mass is 10.1. The smallest absolute Gasteiger partial charge is 0.244 e.